The Morgan fingerprint density at radius 3 is 2.42 bits per heavy atom. The second-order valence-electron chi connectivity index (χ2n) is 6.78. The number of fused-ring (bicyclic) bond motifs is 1. The number of hydrogen-bond acceptors (Lipinski definition) is 3. The summed E-state index contributed by atoms with van der Waals surface area (Å²) in [6.07, 6.45) is 4.03. The number of rotatable bonds is 7. The summed E-state index contributed by atoms with van der Waals surface area (Å²) >= 11 is 0. The van der Waals surface area contributed by atoms with E-state index in [2.05, 4.69) is 41.2 Å². The molecule has 26 heavy (non-hydrogen) atoms. The normalized spacial score (nSPS) is 16.0. The molecule has 136 valence electrons. The Bertz CT molecular complexity index is 790. The fourth-order valence-electron chi connectivity index (χ4n) is 3.51. The van der Waals surface area contributed by atoms with E-state index in [1.54, 1.807) is 6.21 Å². The minimum atomic E-state index is -0.317. The van der Waals surface area contributed by atoms with E-state index in [0.29, 0.717) is 0 Å². The van der Waals surface area contributed by atoms with Gasteiger partial charge in [0.25, 0.3) is 0 Å². The van der Waals surface area contributed by atoms with Gasteiger partial charge in [0.2, 0.25) is 5.91 Å². The summed E-state index contributed by atoms with van der Waals surface area (Å²) < 4.78 is 0. The molecule has 0 fully saturated rings. The van der Waals surface area contributed by atoms with Crippen LogP contribution in [0.2, 0.25) is 0 Å². The molecular formula is C22H27N3O. The summed E-state index contributed by atoms with van der Waals surface area (Å²) in [6.45, 7) is 8.57. The third-order valence-corrected chi connectivity index (χ3v) is 4.75. The predicted octanol–water partition coefficient (Wildman–Crippen LogP) is 5.06. The molecule has 1 aliphatic heterocycles. The van der Waals surface area contributed by atoms with Crippen molar-refractivity contribution in [2.45, 2.75) is 39.5 Å². The average Bonchev–Trinajstić information content (AvgIpc) is 2.97. The van der Waals surface area contributed by atoms with E-state index in [9.17, 15) is 4.79 Å². The molecular weight excluding hydrogens is 322 g/mol. The van der Waals surface area contributed by atoms with Gasteiger partial charge in [0.05, 0.1) is 5.69 Å². The van der Waals surface area contributed by atoms with E-state index in [1.807, 2.05) is 37.3 Å². The molecule has 2 aromatic carbocycles. The molecule has 1 aliphatic rings. The summed E-state index contributed by atoms with van der Waals surface area (Å²) in [6, 6.07) is 14.2. The molecule has 3 rings (SSSR count). The number of aryl methyl sites for hydroxylation is 1. The van der Waals surface area contributed by atoms with E-state index < -0.39 is 0 Å². The molecule has 1 heterocycles. The average molecular weight is 349 g/mol. The first-order chi connectivity index (χ1) is 12.6. The Hall–Kier alpha value is -2.62. The SMILES string of the molecule is CCCN(CCC)c1ccc(N=CC2C(=O)Nc3cccc(C)c32)cc1. The molecule has 0 bridgehead atoms. The molecule has 0 saturated carbocycles. The maximum Gasteiger partial charge on any atom is 0.237 e. The highest BCUT2D eigenvalue weighted by Gasteiger charge is 2.30. The maximum absolute atomic E-state index is 12.3. The zero-order valence-corrected chi connectivity index (χ0v) is 15.8. The number of aliphatic imine (C=N–C) groups is 1. The van der Waals surface area contributed by atoms with Crippen LogP contribution in [-0.4, -0.2) is 25.2 Å². The highest BCUT2D eigenvalue weighted by Crippen LogP contribution is 2.34. The first-order valence-corrected chi connectivity index (χ1v) is 9.43. The van der Waals surface area contributed by atoms with Crippen molar-refractivity contribution < 1.29 is 4.79 Å². The molecule has 0 aromatic heterocycles. The van der Waals surface area contributed by atoms with Crippen LogP contribution in [0.15, 0.2) is 47.5 Å². The summed E-state index contributed by atoms with van der Waals surface area (Å²) in [5, 5.41) is 2.94. The lowest BCUT2D eigenvalue weighted by Crippen LogP contribution is -2.24. The fraction of sp³-hybridized carbons (Fsp3) is 0.364. The first kappa shape index (κ1) is 18.2. The maximum atomic E-state index is 12.3. The van der Waals surface area contributed by atoms with E-state index in [1.165, 1.54) is 5.69 Å². The van der Waals surface area contributed by atoms with E-state index >= 15 is 0 Å². The van der Waals surface area contributed by atoms with Crippen LogP contribution in [0.5, 0.6) is 0 Å². The van der Waals surface area contributed by atoms with Gasteiger partial charge >= 0.3 is 0 Å². The van der Waals surface area contributed by atoms with Gasteiger partial charge < -0.3 is 10.2 Å². The smallest absolute Gasteiger partial charge is 0.237 e. The van der Waals surface area contributed by atoms with Crippen molar-refractivity contribution in [3.05, 3.63) is 53.6 Å². The van der Waals surface area contributed by atoms with E-state index in [4.69, 9.17) is 0 Å². The number of carbonyl (C=O) groups is 1. The second kappa shape index (κ2) is 8.17. The standard InChI is InChI=1S/C22H27N3O/c1-4-13-25(14-5-2)18-11-9-17(10-12-18)23-15-19-21-16(3)7-6-8-20(21)24-22(19)26/h6-12,15,19H,4-5,13-14H2,1-3H3,(H,24,26). The van der Waals surface area contributed by atoms with Crippen molar-refractivity contribution in [1.29, 1.82) is 0 Å². The zero-order valence-electron chi connectivity index (χ0n) is 15.8. The van der Waals surface area contributed by atoms with Gasteiger partial charge in [-0.2, -0.15) is 0 Å². The van der Waals surface area contributed by atoms with Gasteiger partial charge in [-0.25, -0.2) is 0 Å². The van der Waals surface area contributed by atoms with Crippen molar-refractivity contribution in [3.63, 3.8) is 0 Å². The lowest BCUT2D eigenvalue weighted by Gasteiger charge is -2.23. The van der Waals surface area contributed by atoms with Crippen LogP contribution in [-0.2, 0) is 4.79 Å². The number of nitrogens with zero attached hydrogens (tertiary/aromatic N) is 2. The van der Waals surface area contributed by atoms with Crippen molar-refractivity contribution >= 4 is 29.2 Å². The van der Waals surface area contributed by atoms with Crippen molar-refractivity contribution in [2.24, 2.45) is 4.99 Å². The Kier molecular flexibility index (Phi) is 5.71. The predicted molar refractivity (Wildman–Crippen MR) is 110 cm³/mol. The number of nitrogens with one attached hydrogen (secondary N) is 1. The topological polar surface area (TPSA) is 44.7 Å². The summed E-state index contributed by atoms with van der Waals surface area (Å²) in [7, 11) is 0. The van der Waals surface area contributed by atoms with Crippen molar-refractivity contribution in [3.8, 4) is 0 Å². The molecule has 0 spiro atoms. The summed E-state index contributed by atoms with van der Waals surface area (Å²) in [5.41, 5.74) is 5.15. The Balaban J connectivity index is 1.77. The van der Waals surface area contributed by atoms with Crippen LogP contribution >= 0.6 is 0 Å². The molecule has 0 aliphatic carbocycles. The Morgan fingerprint density at radius 2 is 1.77 bits per heavy atom. The number of benzene rings is 2. The van der Waals surface area contributed by atoms with Crippen molar-refractivity contribution in [1.82, 2.24) is 0 Å². The highest BCUT2D eigenvalue weighted by atomic mass is 16.2. The summed E-state index contributed by atoms with van der Waals surface area (Å²) in [4.78, 5) is 19.2. The van der Waals surface area contributed by atoms with Crippen LogP contribution in [0.4, 0.5) is 17.1 Å². The minimum Gasteiger partial charge on any atom is -0.372 e. The quantitative estimate of drug-likeness (QED) is 0.710. The van der Waals surface area contributed by atoms with Crippen LogP contribution in [0.3, 0.4) is 0 Å². The van der Waals surface area contributed by atoms with E-state index in [0.717, 1.165) is 48.4 Å². The van der Waals surface area contributed by atoms with Gasteiger partial charge in [-0.1, -0.05) is 26.0 Å². The summed E-state index contributed by atoms with van der Waals surface area (Å²) in [5.74, 6) is -0.325. The monoisotopic (exact) mass is 349 g/mol. The lowest BCUT2D eigenvalue weighted by molar-refractivity contribution is -0.115. The molecule has 0 radical (unpaired) electrons. The highest BCUT2D eigenvalue weighted by molar-refractivity contribution is 6.13. The molecule has 0 saturated heterocycles. The number of anilines is 2. The van der Waals surface area contributed by atoms with Crippen LogP contribution in [0.1, 0.15) is 43.7 Å². The fourth-order valence-corrected chi connectivity index (χ4v) is 3.51. The minimum absolute atomic E-state index is 0.00765. The largest absolute Gasteiger partial charge is 0.372 e. The van der Waals surface area contributed by atoms with Crippen LogP contribution in [0, 0.1) is 6.92 Å². The number of amides is 1. The van der Waals surface area contributed by atoms with Gasteiger partial charge in [0.1, 0.15) is 5.92 Å². The molecule has 1 atom stereocenters. The Morgan fingerprint density at radius 1 is 1.08 bits per heavy atom. The van der Waals surface area contributed by atoms with Gasteiger partial charge in [-0.05, 0) is 61.2 Å². The van der Waals surface area contributed by atoms with Crippen LogP contribution in [0.25, 0.3) is 0 Å². The molecule has 1 unspecified atom stereocenters. The molecule has 1 N–H and O–H groups in total. The third kappa shape index (κ3) is 3.79. The van der Waals surface area contributed by atoms with Gasteiger partial charge in [-0.3, -0.25) is 9.79 Å². The number of carbonyl (C=O) groups excluding carboxylic acids is 1. The molecule has 1 amide bonds. The first-order valence-electron chi connectivity index (χ1n) is 9.43. The third-order valence-electron chi connectivity index (χ3n) is 4.75. The molecule has 4 nitrogen and oxygen atoms in total. The van der Waals surface area contributed by atoms with Gasteiger partial charge in [0.15, 0.2) is 0 Å². The lowest BCUT2D eigenvalue weighted by atomic mass is 9.97. The molecule has 2 aromatic rings. The number of hydrogen-bond donors (Lipinski definition) is 1. The van der Waals surface area contributed by atoms with Gasteiger partial charge in [0, 0.05) is 30.7 Å². The van der Waals surface area contributed by atoms with Crippen molar-refractivity contribution in [2.75, 3.05) is 23.3 Å². The Labute approximate surface area is 155 Å². The van der Waals surface area contributed by atoms with E-state index in [-0.39, 0.29) is 11.8 Å². The zero-order chi connectivity index (χ0) is 18.5. The van der Waals surface area contributed by atoms with Gasteiger partial charge in [-0.15, -0.1) is 0 Å². The molecule has 4 heteroatoms. The van der Waals surface area contributed by atoms with Crippen LogP contribution < -0.4 is 10.2 Å². The second-order valence-corrected chi connectivity index (χ2v) is 6.78.